The van der Waals surface area contributed by atoms with Crippen LogP contribution in [0.25, 0.3) is 0 Å². The molecule has 0 spiro atoms. The maximum absolute atomic E-state index is 8.61. The van der Waals surface area contributed by atoms with E-state index < -0.39 is 0 Å². The van der Waals surface area contributed by atoms with E-state index in [9.17, 15) is 0 Å². The summed E-state index contributed by atoms with van der Waals surface area (Å²) in [6.45, 7) is 0.304. The summed E-state index contributed by atoms with van der Waals surface area (Å²) in [4.78, 5) is 0. The molecule has 1 nitrogen and oxygen atoms in total. The smallest absolute Gasteiger partial charge is 0.0434 e. The Morgan fingerprint density at radius 2 is 2.36 bits per heavy atom. The van der Waals surface area contributed by atoms with Crippen LogP contribution in [0, 0.1) is 0 Å². The van der Waals surface area contributed by atoms with Gasteiger partial charge in [-0.3, -0.25) is 0 Å². The van der Waals surface area contributed by atoms with Crippen LogP contribution in [0.15, 0.2) is 22.2 Å². The van der Waals surface area contributed by atoms with Crippen molar-refractivity contribution in [1.82, 2.24) is 0 Å². The standard InChI is InChI=1S/C9H13BrO/c10-9-5-1-3-8(7-9)4-2-6-11/h5,7,11H,1-4,6H2. The summed E-state index contributed by atoms with van der Waals surface area (Å²) < 4.78 is 1.19. The van der Waals surface area contributed by atoms with E-state index in [4.69, 9.17) is 5.11 Å². The molecule has 0 aromatic heterocycles. The van der Waals surface area contributed by atoms with Crippen LogP contribution in [0.1, 0.15) is 25.7 Å². The summed E-state index contributed by atoms with van der Waals surface area (Å²) in [6, 6.07) is 0. The second kappa shape index (κ2) is 4.73. The van der Waals surface area contributed by atoms with Gasteiger partial charge in [-0.05, 0) is 31.8 Å². The van der Waals surface area contributed by atoms with Crippen LogP contribution in [0.5, 0.6) is 0 Å². The second-order valence-electron chi connectivity index (χ2n) is 2.76. The molecular weight excluding hydrogens is 204 g/mol. The van der Waals surface area contributed by atoms with Gasteiger partial charge in [0.15, 0.2) is 0 Å². The SMILES string of the molecule is OCCCC1=CC(Br)=CCC1. The summed E-state index contributed by atoms with van der Waals surface area (Å²) in [5, 5.41) is 8.61. The van der Waals surface area contributed by atoms with Crippen LogP contribution in [-0.4, -0.2) is 11.7 Å². The first-order chi connectivity index (χ1) is 5.33. The third kappa shape index (κ3) is 3.21. The number of aliphatic hydroxyl groups is 1. The molecule has 0 amide bonds. The van der Waals surface area contributed by atoms with Crippen LogP contribution in [0.2, 0.25) is 0 Å². The average molecular weight is 217 g/mol. The molecule has 0 radical (unpaired) electrons. The van der Waals surface area contributed by atoms with Gasteiger partial charge in [-0.2, -0.15) is 0 Å². The molecule has 1 aliphatic rings. The zero-order valence-electron chi connectivity index (χ0n) is 6.52. The maximum atomic E-state index is 8.61. The Labute approximate surface area is 75.9 Å². The first-order valence-electron chi connectivity index (χ1n) is 3.99. The van der Waals surface area contributed by atoms with Crippen molar-refractivity contribution in [1.29, 1.82) is 0 Å². The number of halogens is 1. The normalized spacial score (nSPS) is 17.6. The van der Waals surface area contributed by atoms with Gasteiger partial charge in [0, 0.05) is 11.1 Å². The van der Waals surface area contributed by atoms with E-state index in [1.54, 1.807) is 0 Å². The number of rotatable bonds is 3. The van der Waals surface area contributed by atoms with Crippen molar-refractivity contribution in [3.63, 3.8) is 0 Å². The van der Waals surface area contributed by atoms with E-state index >= 15 is 0 Å². The third-order valence-electron chi connectivity index (χ3n) is 1.80. The molecule has 0 aromatic rings. The predicted molar refractivity (Wildman–Crippen MR) is 50.6 cm³/mol. The number of hydrogen-bond acceptors (Lipinski definition) is 1. The highest BCUT2D eigenvalue weighted by atomic mass is 79.9. The Bertz CT molecular complexity index is 182. The van der Waals surface area contributed by atoms with Crippen molar-refractivity contribution >= 4 is 15.9 Å². The lowest BCUT2D eigenvalue weighted by atomic mass is 10.0. The lowest BCUT2D eigenvalue weighted by Gasteiger charge is -2.09. The van der Waals surface area contributed by atoms with Crippen molar-refractivity contribution in [2.75, 3.05) is 6.61 Å². The van der Waals surface area contributed by atoms with Crippen LogP contribution in [-0.2, 0) is 0 Å². The highest BCUT2D eigenvalue weighted by molar-refractivity contribution is 9.11. The average Bonchev–Trinajstić information content (AvgIpc) is 2.01. The minimum Gasteiger partial charge on any atom is -0.396 e. The molecule has 62 valence electrons. The monoisotopic (exact) mass is 216 g/mol. The topological polar surface area (TPSA) is 20.2 Å². The molecule has 0 aliphatic heterocycles. The molecule has 11 heavy (non-hydrogen) atoms. The molecule has 0 fully saturated rings. The summed E-state index contributed by atoms with van der Waals surface area (Å²) in [5.74, 6) is 0. The van der Waals surface area contributed by atoms with Crippen molar-refractivity contribution in [3.05, 3.63) is 22.2 Å². The maximum Gasteiger partial charge on any atom is 0.0434 e. The van der Waals surface area contributed by atoms with Crippen LogP contribution in [0.3, 0.4) is 0 Å². The summed E-state index contributed by atoms with van der Waals surface area (Å²) >= 11 is 3.44. The van der Waals surface area contributed by atoms with Crippen molar-refractivity contribution in [2.45, 2.75) is 25.7 Å². The summed E-state index contributed by atoms with van der Waals surface area (Å²) in [7, 11) is 0. The van der Waals surface area contributed by atoms with E-state index in [-0.39, 0.29) is 0 Å². The molecule has 0 aromatic carbocycles. The lowest BCUT2D eigenvalue weighted by molar-refractivity contribution is 0.288. The molecule has 0 bridgehead atoms. The molecule has 1 N–H and O–H groups in total. The molecule has 0 saturated heterocycles. The van der Waals surface area contributed by atoms with E-state index in [0.29, 0.717) is 6.61 Å². The molecule has 0 unspecified atom stereocenters. The highest BCUT2D eigenvalue weighted by Crippen LogP contribution is 2.23. The molecule has 1 rings (SSSR count). The Hall–Kier alpha value is -0.0800. The first kappa shape index (κ1) is 9.01. The van der Waals surface area contributed by atoms with E-state index in [1.165, 1.54) is 10.1 Å². The fourth-order valence-corrected chi connectivity index (χ4v) is 1.78. The quantitative estimate of drug-likeness (QED) is 0.770. The largest absolute Gasteiger partial charge is 0.396 e. The molecule has 0 atom stereocenters. The summed E-state index contributed by atoms with van der Waals surface area (Å²) in [5.41, 5.74) is 1.45. The van der Waals surface area contributed by atoms with E-state index in [2.05, 4.69) is 28.1 Å². The van der Waals surface area contributed by atoms with Gasteiger partial charge in [-0.15, -0.1) is 0 Å². The zero-order chi connectivity index (χ0) is 8.10. The number of hydrogen-bond donors (Lipinski definition) is 1. The van der Waals surface area contributed by atoms with E-state index in [0.717, 1.165) is 25.7 Å². The molecule has 0 heterocycles. The third-order valence-corrected chi connectivity index (χ3v) is 2.36. The predicted octanol–water partition coefficient (Wildman–Crippen LogP) is 2.76. The molecule has 2 heteroatoms. The van der Waals surface area contributed by atoms with Gasteiger partial charge in [-0.25, -0.2) is 0 Å². The minimum absolute atomic E-state index is 0.304. The molecular formula is C9H13BrO. The fraction of sp³-hybridized carbons (Fsp3) is 0.556. The Morgan fingerprint density at radius 1 is 1.55 bits per heavy atom. The fourth-order valence-electron chi connectivity index (χ4n) is 1.22. The minimum atomic E-state index is 0.304. The number of allylic oxidation sites excluding steroid dienone is 4. The van der Waals surface area contributed by atoms with Gasteiger partial charge in [0.2, 0.25) is 0 Å². The van der Waals surface area contributed by atoms with Gasteiger partial charge in [0.1, 0.15) is 0 Å². The molecule has 0 saturated carbocycles. The summed E-state index contributed by atoms with van der Waals surface area (Å²) in [6.07, 6.45) is 8.58. The van der Waals surface area contributed by atoms with Crippen LogP contribution >= 0.6 is 15.9 Å². The van der Waals surface area contributed by atoms with Gasteiger partial charge < -0.3 is 5.11 Å². The number of aliphatic hydroxyl groups excluding tert-OH is 1. The van der Waals surface area contributed by atoms with Crippen molar-refractivity contribution in [2.24, 2.45) is 0 Å². The molecule has 1 aliphatic carbocycles. The Morgan fingerprint density at radius 3 is 3.00 bits per heavy atom. The van der Waals surface area contributed by atoms with Crippen molar-refractivity contribution in [3.8, 4) is 0 Å². The van der Waals surface area contributed by atoms with E-state index in [1.807, 2.05) is 0 Å². The first-order valence-corrected chi connectivity index (χ1v) is 4.78. The Kier molecular flexibility index (Phi) is 3.87. The second-order valence-corrected chi connectivity index (χ2v) is 3.67. The van der Waals surface area contributed by atoms with Gasteiger partial charge in [0.25, 0.3) is 0 Å². The lowest BCUT2D eigenvalue weighted by Crippen LogP contribution is -1.91. The van der Waals surface area contributed by atoms with Crippen LogP contribution in [0.4, 0.5) is 0 Å². The van der Waals surface area contributed by atoms with Gasteiger partial charge >= 0.3 is 0 Å². The van der Waals surface area contributed by atoms with Crippen molar-refractivity contribution < 1.29 is 5.11 Å². The van der Waals surface area contributed by atoms with Gasteiger partial charge in [-0.1, -0.05) is 27.6 Å². The highest BCUT2D eigenvalue weighted by Gasteiger charge is 2.02. The van der Waals surface area contributed by atoms with Gasteiger partial charge in [0.05, 0.1) is 0 Å². The van der Waals surface area contributed by atoms with Crippen LogP contribution < -0.4 is 0 Å². The zero-order valence-corrected chi connectivity index (χ0v) is 8.10. The Balaban J connectivity index is 2.39.